The molecule has 0 saturated heterocycles. The molecule has 1 aromatic carbocycles. The van der Waals surface area contributed by atoms with Gasteiger partial charge < -0.3 is 15.6 Å². The van der Waals surface area contributed by atoms with Crippen LogP contribution in [0.3, 0.4) is 0 Å². The van der Waals surface area contributed by atoms with Gasteiger partial charge in [-0.05, 0) is 40.2 Å². The molecule has 1 aromatic heterocycles. The molecular formula is C12H10BrNO3S. The van der Waals surface area contributed by atoms with Crippen molar-refractivity contribution in [1.29, 1.82) is 0 Å². The number of thiophene rings is 1. The molecule has 0 aliphatic rings. The minimum Gasteiger partial charge on any atom is -0.488 e. The Hall–Kier alpha value is -1.53. The van der Waals surface area contributed by atoms with Crippen molar-refractivity contribution in [2.45, 2.75) is 6.61 Å². The Morgan fingerprint density at radius 2 is 2.17 bits per heavy atom. The van der Waals surface area contributed by atoms with Gasteiger partial charge in [0.05, 0.1) is 9.35 Å². The molecule has 0 unspecified atom stereocenters. The normalized spacial score (nSPS) is 10.3. The molecule has 0 atom stereocenters. The number of anilines is 1. The minimum atomic E-state index is -1.04. The van der Waals surface area contributed by atoms with Gasteiger partial charge in [-0.3, -0.25) is 0 Å². The van der Waals surface area contributed by atoms with Gasteiger partial charge in [0.1, 0.15) is 12.4 Å². The van der Waals surface area contributed by atoms with Gasteiger partial charge in [-0.25, -0.2) is 4.79 Å². The fourth-order valence-corrected chi connectivity index (χ4v) is 2.81. The quantitative estimate of drug-likeness (QED) is 0.844. The number of hydrogen-bond donors (Lipinski definition) is 2. The molecule has 0 radical (unpaired) electrons. The van der Waals surface area contributed by atoms with Gasteiger partial charge >= 0.3 is 5.97 Å². The van der Waals surface area contributed by atoms with Crippen LogP contribution < -0.4 is 10.5 Å². The first-order valence-corrected chi connectivity index (χ1v) is 6.67. The van der Waals surface area contributed by atoms with E-state index in [1.807, 2.05) is 12.1 Å². The van der Waals surface area contributed by atoms with E-state index in [1.165, 1.54) is 12.1 Å². The molecular weight excluding hydrogens is 318 g/mol. The lowest BCUT2D eigenvalue weighted by atomic mass is 10.2. The highest BCUT2D eigenvalue weighted by Crippen LogP contribution is 2.25. The van der Waals surface area contributed by atoms with Crippen LogP contribution in [-0.2, 0) is 6.61 Å². The molecule has 1 heterocycles. The standard InChI is InChI=1S/C12H10BrNO3S/c13-11-4-2-8(18-11)6-17-7-1-3-9(12(15)16)10(14)5-7/h1-5H,6,14H2,(H,15,16). The molecule has 3 N–H and O–H groups in total. The zero-order valence-corrected chi connectivity index (χ0v) is 11.6. The van der Waals surface area contributed by atoms with Crippen LogP contribution in [0.5, 0.6) is 5.75 Å². The van der Waals surface area contributed by atoms with Gasteiger partial charge in [-0.1, -0.05) is 0 Å². The van der Waals surface area contributed by atoms with E-state index in [2.05, 4.69) is 15.9 Å². The third-order valence-electron chi connectivity index (χ3n) is 2.26. The SMILES string of the molecule is Nc1cc(OCc2ccc(Br)s2)ccc1C(=O)O. The predicted octanol–water partition coefficient (Wildman–Crippen LogP) is 3.37. The first kappa shape index (κ1) is 12.9. The summed E-state index contributed by atoms with van der Waals surface area (Å²) in [4.78, 5) is 11.9. The number of hydrogen-bond acceptors (Lipinski definition) is 4. The molecule has 18 heavy (non-hydrogen) atoms. The lowest BCUT2D eigenvalue weighted by Crippen LogP contribution is -2.03. The van der Waals surface area contributed by atoms with Crippen LogP contribution in [0.15, 0.2) is 34.1 Å². The zero-order chi connectivity index (χ0) is 13.1. The summed E-state index contributed by atoms with van der Waals surface area (Å²) in [5, 5.41) is 8.84. The Morgan fingerprint density at radius 3 is 2.72 bits per heavy atom. The van der Waals surface area contributed by atoms with Gasteiger partial charge in [-0.15, -0.1) is 11.3 Å². The molecule has 0 aliphatic carbocycles. The van der Waals surface area contributed by atoms with E-state index in [4.69, 9.17) is 15.6 Å². The molecule has 4 nitrogen and oxygen atoms in total. The molecule has 0 saturated carbocycles. The van der Waals surface area contributed by atoms with E-state index in [0.717, 1.165) is 8.66 Å². The lowest BCUT2D eigenvalue weighted by molar-refractivity contribution is 0.0698. The summed E-state index contributed by atoms with van der Waals surface area (Å²) in [6, 6.07) is 8.47. The van der Waals surface area contributed by atoms with Crippen molar-refractivity contribution in [3.63, 3.8) is 0 Å². The maximum Gasteiger partial charge on any atom is 0.337 e. The maximum atomic E-state index is 10.8. The monoisotopic (exact) mass is 327 g/mol. The van der Waals surface area contributed by atoms with Crippen molar-refractivity contribution in [2.24, 2.45) is 0 Å². The molecule has 2 aromatic rings. The number of carboxylic acids is 1. The van der Waals surface area contributed by atoms with Gasteiger partial charge in [0.15, 0.2) is 0 Å². The highest BCUT2D eigenvalue weighted by atomic mass is 79.9. The number of rotatable bonds is 4. The smallest absolute Gasteiger partial charge is 0.337 e. The van der Waals surface area contributed by atoms with E-state index in [1.54, 1.807) is 17.4 Å². The van der Waals surface area contributed by atoms with Crippen molar-refractivity contribution in [3.8, 4) is 5.75 Å². The summed E-state index contributed by atoms with van der Waals surface area (Å²) in [6.45, 7) is 0.433. The second-order valence-corrected chi connectivity index (χ2v) is 6.10. The summed E-state index contributed by atoms with van der Waals surface area (Å²) >= 11 is 4.96. The first-order chi connectivity index (χ1) is 8.56. The molecule has 2 rings (SSSR count). The number of nitrogens with two attached hydrogens (primary N) is 1. The largest absolute Gasteiger partial charge is 0.488 e. The van der Waals surface area contributed by atoms with Gasteiger partial charge in [0.2, 0.25) is 0 Å². The Bertz CT molecular complexity index is 582. The summed E-state index contributed by atoms with van der Waals surface area (Å²) in [5.74, 6) is -0.483. The van der Waals surface area contributed by atoms with Gasteiger partial charge in [0, 0.05) is 16.6 Å². The lowest BCUT2D eigenvalue weighted by Gasteiger charge is -2.07. The third kappa shape index (κ3) is 3.02. The van der Waals surface area contributed by atoms with Crippen LogP contribution in [0, 0.1) is 0 Å². The van der Waals surface area contributed by atoms with E-state index in [-0.39, 0.29) is 11.3 Å². The van der Waals surface area contributed by atoms with Crippen LogP contribution in [-0.4, -0.2) is 11.1 Å². The number of halogens is 1. The van der Waals surface area contributed by atoms with Crippen LogP contribution in [0.2, 0.25) is 0 Å². The number of aromatic carboxylic acids is 1. The number of nitrogen functional groups attached to an aromatic ring is 1. The second-order valence-electron chi connectivity index (χ2n) is 3.55. The molecule has 0 fully saturated rings. The fourth-order valence-electron chi connectivity index (χ4n) is 1.41. The van der Waals surface area contributed by atoms with Crippen molar-refractivity contribution in [1.82, 2.24) is 0 Å². The van der Waals surface area contributed by atoms with Gasteiger partial charge in [-0.2, -0.15) is 0 Å². The summed E-state index contributed by atoms with van der Waals surface area (Å²) < 4.78 is 6.58. The molecule has 94 valence electrons. The Morgan fingerprint density at radius 1 is 1.39 bits per heavy atom. The Labute approximate surface area is 116 Å². The summed E-state index contributed by atoms with van der Waals surface area (Å²) in [7, 11) is 0. The van der Waals surface area contributed by atoms with Gasteiger partial charge in [0.25, 0.3) is 0 Å². The van der Waals surface area contributed by atoms with Crippen molar-refractivity contribution in [2.75, 3.05) is 5.73 Å². The molecule has 6 heteroatoms. The zero-order valence-electron chi connectivity index (χ0n) is 9.22. The highest BCUT2D eigenvalue weighted by Gasteiger charge is 2.08. The number of benzene rings is 1. The van der Waals surface area contributed by atoms with Crippen molar-refractivity contribution in [3.05, 3.63) is 44.6 Å². The number of ether oxygens (including phenoxy) is 1. The van der Waals surface area contributed by atoms with Crippen molar-refractivity contribution >= 4 is 38.9 Å². The maximum absolute atomic E-state index is 10.8. The van der Waals surface area contributed by atoms with Crippen molar-refractivity contribution < 1.29 is 14.6 Å². The van der Waals surface area contributed by atoms with E-state index in [0.29, 0.717) is 12.4 Å². The topological polar surface area (TPSA) is 72.5 Å². The molecule has 0 bridgehead atoms. The number of carbonyl (C=O) groups is 1. The first-order valence-electron chi connectivity index (χ1n) is 5.06. The Balaban J connectivity index is 2.06. The molecule has 0 spiro atoms. The van der Waals surface area contributed by atoms with Crippen LogP contribution in [0.25, 0.3) is 0 Å². The molecule has 0 amide bonds. The third-order valence-corrected chi connectivity index (χ3v) is 3.86. The van der Waals surface area contributed by atoms with E-state index >= 15 is 0 Å². The average Bonchev–Trinajstić information content (AvgIpc) is 2.72. The second kappa shape index (κ2) is 5.41. The van der Waals surface area contributed by atoms with Crippen LogP contribution in [0.4, 0.5) is 5.69 Å². The predicted molar refractivity (Wildman–Crippen MR) is 74.2 cm³/mol. The average molecular weight is 328 g/mol. The van der Waals surface area contributed by atoms with Crippen LogP contribution in [0.1, 0.15) is 15.2 Å². The highest BCUT2D eigenvalue weighted by molar-refractivity contribution is 9.11. The molecule has 0 aliphatic heterocycles. The summed E-state index contributed by atoms with van der Waals surface area (Å²) in [6.07, 6.45) is 0. The number of carboxylic acid groups (broad SMARTS) is 1. The minimum absolute atomic E-state index is 0.0845. The van der Waals surface area contributed by atoms with E-state index in [9.17, 15) is 4.79 Å². The van der Waals surface area contributed by atoms with Crippen LogP contribution >= 0.6 is 27.3 Å². The summed E-state index contributed by atoms with van der Waals surface area (Å²) in [5.41, 5.74) is 5.92. The Kier molecular flexibility index (Phi) is 3.88. The van der Waals surface area contributed by atoms with E-state index < -0.39 is 5.97 Å². The fraction of sp³-hybridized carbons (Fsp3) is 0.0833.